The number of nitrogen functional groups attached to an aromatic ring is 1. The van der Waals surface area contributed by atoms with E-state index in [1.54, 1.807) is 31.1 Å². The van der Waals surface area contributed by atoms with Gasteiger partial charge in [-0.25, -0.2) is 0 Å². The smallest absolute Gasteiger partial charge is 0.255 e. The normalized spacial score (nSPS) is 19.3. The summed E-state index contributed by atoms with van der Waals surface area (Å²) >= 11 is 0. The van der Waals surface area contributed by atoms with Crippen LogP contribution in [-0.4, -0.2) is 50.7 Å². The van der Waals surface area contributed by atoms with Crippen molar-refractivity contribution in [3.05, 3.63) is 23.8 Å². The van der Waals surface area contributed by atoms with Gasteiger partial charge in [0.15, 0.2) is 0 Å². The number of anilines is 2. The lowest BCUT2D eigenvalue weighted by Crippen LogP contribution is -2.44. The van der Waals surface area contributed by atoms with E-state index in [9.17, 15) is 4.79 Å². The topological polar surface area (TPSA) is 58.8 Å². The molecule has 2 rings (SSSR count). The molecule has 1 aromatic carbocycles. The largest absolute Gasteiger partial charge is 0.399 e. The molecule has 0 aromatic heterocycles. The molecule has 104 valence electrons. The lowest BCUT2D eigenvalue weighted by atomic mass is 10.1. The lowest BCUT2D eigenvalue weighted by molar-refractivity contribution is 0.0824. The molecule has 0 saturated carbocycles. The van der Waals surface area contributed by atoms with E-state index < -0.39 is 0 Å². The van der Waals surface area contributed by atoms with E-state index in [1.165, 1.54) is 0 Å². The van der Waals surface area contributed by atoms with Crippen molar-refractivity contribution in [2.75, 3.05) is 44.5 Å². The van der Waals surface area contributed by atoms with Crippen LogP contribution >= 0.6 is 0 Å². The predicted octanol–water partition coefficient (Wildman–Crippen LogP) is 1.20. The molecule has 0 aliphatic carbocycles. The molecule has 1 saturated heterocycles. The third-order valence-electron chi connectivity index (χ3n) is 3.34. The summed E-state index contributed by atoms with van der Waals surface area (Å²) < 4.78 is 5.44. The van der Waals surface area contributed by atoms with E-state index in [2.05, 4.69) is 11.8 Å². The Morgan fingerprint density at radius 2 is 2.21 bits per heavy atom. The Morgan fingerprint density at radius 1 is 1.47 bits per heavy atom. The molecule has 5 nitrogen and oxygen atoms in total. The Kier molecular flexibility index (Phi) is 3.95. The van der Waals surface area contributed by atoms with Gasteiger partial charge >= 0.3 is 0 Å². The summed E-state index contributed by atoms with van der Waals surface area (Å²) in [6.45, 7) is 4.21. The van der Waals surface area contributed by atoms with Crippen LogP contribution in [0.4, 0.5) is 11.4 Å². The number of nitrogens with two attached hydrogens (primary N) is 1. The fourth-order valence-corrected chi connectivity index (χ4v) is 2.29. The molecule has 1 amide bonds. The first kappa shape index (κ1) is 13.7. The number of carbonyl (C=O) groups is 1. The summed E-state index contributed by atoms with van der Waals surface area (Å²) in [6.07, 6.45) is 0. The zero-order valence-electron chi connectivity index (χ0n) is 11.7. The molecule has 19 heavy (non-hydrogen) atoms. The first-order chi connectivity index (χ1) is 9.00. The van der Waals surface area contributed by atoms with Crippen molar-refractivity contribution in [2.45, 2.75) is 13.0 Å². The van der Waals surface area contributed by atoms with Crippen molar-refractivity contribution in [1.29, 1.82) is 0 Å². The maximum absolute atomic E-state index is 12.3. The number of amides is 1. The number of morpholine rings is 1. The van der Waals surface area contributed by atoms with Crippen LogP contribution in [-0.2, 0) is 4.74 Å². The predicted molar refractivity (Wildman–Crippen MR) is 76.5 cm³/mol. The van der Waals surface area contributed by atoms with Crippen LogP contribution in [0, 0.1) is 0 Å². The Morgan fingerprint density at radius 3 is 2.84 bits per heavy atom. The molecule has 0 radical (unpaired) electrons. The van der Waals surface area contributed by atoms with Crippen molar-refractivity contribution in [2.24, 2.45) is 0 Å². The highest BCUT2D eigenvalue weighted by atomic mass is 16.5. The number of benzene rings is 1. The summed E-state index contributed by atoms with van der Waals surface area (Å²) in [5.41, 5.74) is 8.13. The van der Waals surface area contributed by atoms with Crippen LogP contribution in [0.3, 0.4) is 0 Å². The zero-order valence-corrected chi connectivity index (χ0v) is 11.7. The molecular formula is C14H21N3O2. The van der Waals surface area contributed by atoms with Crippen LogP contribution in [0.2, 0.25) is 0 Å². The van der Waals surface area contributed by atoms with Crippen LogP contribution in [0.15, 0.2) is 18.2 Å². The first-order valence-corrected chi connectivity index (χ1v) is 6.46. The molecule has 0 bridgehead atoms. The second-order valence-electron chi connectivity index (χ2n) is 5.09. The molecule has 0 spiro atoms. The van der Waals surface area contributed by atoms with Gasteiger partial charge < -0.3 is 20.3 Å². The molecule has 1 aromatic rings. The molecule has 1 unspecified atom stereocenters. The number of ether oxygens (including phenoxy) is 1. The van der Waals surface area contributed by atoms with Crippen LogP contribution in [0.25, 0.3) is 0 Å². The van der Waals surface area contributed by atoms with Gasteiger partial charge in [0.2, 0.25) is 0 Å². The van der Waals surface area contributed by atoms with Crippen LogP contribution in [0.1, 0.15) is 17.3 Å². The molecule has 1 aliphatic heterocycles. The van der Waals surface area contributed by atoms with Gasteiger partial charge in [-0.05, 0) is 25.1 Å². The first-order valence-electron chi connectivity index (χ1n) is 6.46. The molecule has 2 N–H and O–H groups in total. The highest BCUT2D eigenvalue weighted by molar-refractivity contribution is 6.00. The third kappa shape index (κ3) is 2.81. The van der Waals surface area contributed by atoms with E-state index >= 15 is 0 Å². The van der Waals surface area contributed by atoms with Gasteiger partial charge in [-0.15, -0.1) is 0 Å². The molecular weight excluding hydrogens is 242 g/mol. The SMILES string of the molecule is CC1COCCN1c1cc(N)ccc1C(=O)N(C)C. The fraction of sp³-hybridized carbons (Fsp3) is 0.500. The van der Waals surface area contributed by atoms with Crippen LogP contribution in [0.5, 0.6) is 0 Å². The van der Waals surface area contributed by atoms with Crippen LogP contribution < -0.4 is 10.6 Å². The van der Waals surface area contributed by atoms with Gasteiger partial charge in [0.25, 0.3) is 5.91 Å². The Bertz CT molecular complexity index is 474. The van der Waals surface area contributed by atoms with Gasteiger partial charge in [0.1, 0.15) is 0 Å². The fourth-order valence-electron chi connectivity index (χ4n) is 2.29. The summed E-state index contributed by atoms with van der Waals surface area (Å²) in [6, 6.07) is 5.68. The average Bonchev–Trinajstić information content (AvgIpc) is 2.38. The molecule has 5 heteroatoms. The number of nitrogens with zero attached hydrogens (tertiary/aromatic N) is 2. The lowest BCUT2D eigenvalue weighted by Gasteiger charge is -2.36. The molecule has 1 aliphatic rings. The Balaban J connectivity index is 2.42. The third-order valence-corrected chi connectivity index (χ3v) is 3.34. The molecule has 1 atom stereocenters. The minimum Gasteiger partial charge on any atom is -0.399 e. The summed E-state index contributed by atoms with van der Waals surface area (Å²) in [5.74, 6) is -0.00584. The van der Waals surface area contributed by atoms with Gasteiger partial charge in [-0.2, -0.15) is 0 Å². The average molecular weight is 263 g/mol. The minimum atomic E-state index is -0.00584. The van der Waals surface area contributed by atoms with E-state index in [-0.39, 0.29) is 11.9 Å². The highest BCUT2D eigenvalue weighted by Crippen LogP contribution is 2.27. The Labute approximate surface area is 113 Å². The van der Waals surface area contributed by atoms with Crippen molar-refractivity contribution in [3.63, 3.8) is 0 Å². The van der Waals surface area contributed by atoms with E-state index in [0.717, 1.165) is 12.2 Å². The molecule has 1 heterocycles. The number of hydrogen-bond donors (Lipinski definition) is 1. The van der Waals surface area contributed by atoms with E-state index in [4.69, 9.17) is 10.5 Å². The standard InChI is InChI=1S/C14H21N3O2/c1-10-9-19-7-6-17(10)13-8-11(15)4-5-12(13)14(18)16(2)3/h4-5,8,10H,6-7,9,15H2,1-3H3. The van der Waals surface area contributed by atoms with E-state index in [1.807, 2.05) is 6.07 Å². The zero-order chi connectivity index (χ0) is 14.0. The van der Waals surface area contributed by atoms with Crippen molar-refractivity contribution >= 4 is 17.3 Å². The maximum atomic E-state index is 12.3. The van der Waals surface area contributed by atoms with E-state index in [0.29, 0.717) is 24.5 Å². The second kappa shape index (κ2) is 5.48. The van der Waals surface area contributed by atoms with Gasteiger partial charge in [-0.1, -0.05) is 0 Å². The number of rotatable bonds is 2. The van der Waals surface area contributed by atoms with Gasteiger partial charge in [0, 0.05) is 32.4 Å². The monoisotopic (exact) mass is 263 g/mol. The second-order valence-corrected chi connectivity index (χ2v) is 5.09. The summed E-state index contributed by atoms with van der Waals surface area (Å²) in [5, 5.41) is 0. The quantitative estimate of drug-likeness (QED) is 0.814. The van der Waals surface area contributed by atoms with Crippen molar-refractivity contribution in [1.82, 2.24) is 4.90 Å². The van der Waals surface area contributed by atoms with Gasteiger partial charge in [0.05, 0.1) is 24.5 Å². The summed E-state index contributed by atoms with van der Waals surface area (Å²) in [7, 11) is 3.51. The minimum absolute atomic E-state index is 0.00584. The summed E-state index contributed by atoms with van der Waals surface area (Å²) in [4.78, 5) is 16.0. The number of carbonyl (C=O) groups excluding carboxylic acids is 1. The van der Waals surface area contributed by atoms with Crippen molar-refractivity contribution < 1.29 is 9.53 Å². The van der Waals surface area contributed by atoms with Crippen molar-refractivity contribution in [3.8, 4) is 0 Å². The maximum Gasteiger partial charge on any atom is 0.255 e. The Hall–Kier alpha value is -1.75. The highest BCUT2D eigenvalue weighted by Gasteiger charge is 2.24. The number of hydrogen-bond acceptors (Lipinski definition) is 4. The van der Waals surface area contributed by atoms with Gasteiger partial charge in [-0.3, -0.25) is 4.79 Å². The molecule has 1 fully saturated rings.